The van der Waals surface area contributed by atoms with E-state index in [4.69, 9.17) is 0 Å². The zero-order chi connectivity index (χ0) is 15.7. The molecule has 0 saturated heterocycles. The number of carbonyl (C=O) groups is 1. The lowest BCUT2D eigenvalue weighted by molar-refractivity contribution is 0.0937. The van der Waals surface area contributed by atoms with E-state index in [1.54, 1.807) is 0 Å². The van der Waals surface area contributed by atoms with Crippen LogP contribution < -0.4 is 5.32 Å². The number of nitrogens with zero attached hydrogens (tertiary/aromatic N) is 3. The Kier molecular flexibility index (Phi) is 3.58. The van der Waals surface area contributed by atoms with Crippen molar-refractivity contribution in [3.05, 3.63) is 53.2 Å². The maximum atomic E-state index is 12.6. The summed E-state index contributed by atoms with van der Waals surface area (Å²) in [5.41, 5.74) is 3.17. The van der Waals surface area contributed by atoms with Gasteiger partial charge in [-0.15, -0.1) is 0 Å². The molecule has 0 saturated carbocycles. The Balaban J connectivity index is 1.97. The molecule has 112 valence electrons. The number of amides is 1. The van der Waals surface area contributed by atoms with Crippen LogP contribution in [0.5, 0.6) is 0 Å². The van der Waals surface area contributed by atoms with Gasteiger partial charge in [-0.2, -0.15) is 5.10 Å². The van der Waals surface area contributed by atoms with E-state index in [-0.39, 0.29) is 11.9 Å². The number of para-hydroxylation sites is 1. The minimum Gasteiger partial charge on any atom is -0.342 e. The number of carbonyl (C=O) groups excluding carboxylic acids is 1. The molecule has 1 unspecified atom stereocenters. The van der Waals surface area contributed by atoms with Crippen molar-refractivity contribution in [1.82, 2.24) is 25.5 Å². The molecule has 0 spiro atoms. The number of hydrogen-bond acceptors (Lipinski definition) is 4. The third kappa shape index (κ3) is 2.43. The second kappa shape index (κ2) is 5.55. The van der Waals surface area contributed by atoms with Gasteiger partial charge in [0.2, 0.25) is 0 Å². The molecule has 0 radical (unpaired) electrons. The highest BCUT2D eigenvalue weighted by Gasteiger charge is 2.19. The van der Waals surface area contributed by atoms with Gasteiger partial charge in [0.05, 0.1) is 22.8 Å². The number of hydrogen-bond donors (Lipinski definition) is 2. The maximum absolute atomic E-state index is 12.6. The van der Waals surface area contributed by atoms with Crippen molar-refractivity contribution < 1.29 is 4.79 Å². The van der Waals surface area contributed by atoms with Gasteiger partial charge in [0.1, 0.15) is 12.2 Å². The third-order valence-electron chi connectivity index (χ3n) is 3.75. The fourth-order valence-electron chi connectivity index (χ4n) is 2.63. The van der Waals surface area contributed by atoms with E-state index >= 15 is 0 Å². The number of H-pyrrole nitrogens is 1. The summed E-state index contributed by atoms with van der Waals surface area (Å²) < 4.78 is 0. The van der Waals surface area contributed by atoms with Crippen molar-refractivity contribution >= 4 is 16.8 Å². The number of aromatic amines is 1. The molecule has 2 N–H and O–H groups in total. The van der Waals surface area contributed by atoms with Gasteiger partial charge in [0.15, 0.2) is 0 Å². The maximum Gasteiger partial charge on any atom is 0.253 e. The van der Waals surface area contributed by atoms with Crippen LogP contribution in [0.4, 0.5) is 0 Å². The van der Waals surface area contributed by atoms with E-state index in [2.05, 4.69) is 25.5 Å². The fraction of sp³-hybridized carbons (Fsp3) is 0.250. The molecule has 3 rings (SSSR count). The lowest BCUT2D eigenvalue weighted by Crippen LogP contribution is -2.29. The molecule has 1 atom stereocenters. The number of aromatic nitrogens is 4. The summed E-state index contributed by atoms with van der Waals surface area (Å²) in [6.07, 6.45) is 1.42. The first-order chi connectivity index (χ1) is 10.6. The van der Waals surface area contributed by atoms with Crippen LogP contribution in [-0.2, 0) is 0 Å². The van der Waals surface area contributed by atoms with Gasteiger partial charge in [0.25, 0.3) is 5.91 Å². The summed E-state index contributed by atoms with van der Waals surface area (Å²) in [5.74, 6) is 0.467. The average Bonchev–Trinajstić information content (AvgIpc) is 3.01. The SMILES string of the molecule is Cc1nc2ccccc2c(C)c1C(=O)NC(C)c1ncn[nH]1. The molecule has 0 aliphatic rings. The summed E-state index contributed by atoms with van der Waals surface area (Å²) in [7, 11) is 0. The standard InChI is InChI=1S/C16H17N5O/c1-9-12-6-4-5-7-13(12)19-10(2)14(9)16(22)20-11(3)15-17-8-18-21-15/h4-8,11H,1-3H3,(H,20,22)(H,17,18,21). The lowest BCUT2D eigenvalue weighted by Gasteiger charge is -2.15. The first-order valence-corrected chi connectivity index (χ1v) is 7.10. The van der Waals surface area contributed by atoms with E-state index in [1.165, 1.54) is 6.33 Å². The smallest absolute Gasteiger partial charge is 0.253 e. The Morgan fingerprint density at radius 1 is 1.27 bits per heavy atom. The Morgan fingerprint density at radius 3 is 2.77 bits per heavy atom. The molecule has 0 bridgehead atoms. The van der Waals surface area contributed by atoms with Crippen LogP contribution in [0.15, 0.2) is 30.6 Å². The molecule has 22 heavy (non-hydrogen) atoms. The third-order valence-corrected chi connectivity index (χ3v) is 3.75. The van der Waals surface area contributed by atoms with Crippen molar-refractivity contribution in [1.29, 1.82) is 0 Å². The van der Waals surface area contributed by atoms with Crippen molar-refractivity contribution in [2.24, 2.45) is 0 Å². The van der Waals surface area contributed by atoms with Crippen molar-refractivity contribution in [2.75, 3.05) is 0 Å². The van der Waals surface area contributed by atoms with E-state index in [0.29, 0.717) is 11.4 Å². The molecular weight excluding hydrogens is 278 g/mol. The number of benzene rings is 1. The zero-order valence-corrected chi connectivity index (χ0v) is 12.7. The summed E-state index contributed by atoms with van der Waals surface area (Å²) in [6, 6.07) is 7.58. The van der Waals surface area contributed by atoms with E-state index in [9.17, 15) is 4.79 Å². The van der Waals surface area contributed by atoms with Crippen LogP contribution in [0, 0.1) is 13.8 Å². The predicted octanol–water partition coefficient (Wildman–Crippen LogP) is 2.46. The first kappa shape index (κ1) is 14.2. The van der Waals surface area contributed by atoms with Crippen LogP contribution >= 0.6 is 0 Å². The summed E-state index contributed by atoms with van der Waals surface area (Å²) >= 11 is 0. The fourth-order valence-corrected chi connectivity index (χ4v) is 2.63. The quantitative estimate of drug-likeness (QED) is 0.777. The Bertz CT molecular complexity index is 826. The Hall–Kier alpha value is -2.76. The van der Waals surface area contributed by atoms with Crippen molar-refractivity contribution in [3.8, 4) is 0 Å². The van der Waals surface area contributed by atoms with Crippen LogP contribution in [0.2, 0.25) is 0 Å². The van der Waals surface area contributed by atoms with Crippen LogP contribution in [-0.4, -0.2) is 26.1 Å². The average molecular weight is 295 g/mol. The highest BCUT2D eigenvalue weighted by molar-refractivity contribution is 6.01. The largest absolute Gasteiger partial charge is 0.342 e. The number of nitrogens with one attached hydrogen (secondary N) is 2. The van der Waals surface area contributed by atoms with Crippen molar-refractivity contribution in [3.63, 3.8) is 0 Å². The number of rotatable bonds is 3. The van der Waals surface area contributed by atoms with E-state index in [1.807, 2.05) is 45.0 Å². The first-order valence-electron chi connectivity index (χ1n) is 7.10. The minimum absolute atomic E-state index is 0.155. The molecule has 6 heteroatoms. The number of aryl methyl sites for hydroxylation is 2. The second-order valence-electron chi connectivity index (χ2n) is 5.28. The topological polar surface area (TPSA) is 83.6 Å². The predicted molar refractivity (Wildman–Crippen MR) is 83.5 cm³/mol. The van der Waals surface area contributed by atoms with Gasteiger partial charge in [-0.25, -0.2) is 4.98 Å². The van der Waals surface area contributed by atoms with Gasteiger partial charge >= 0.3 is 0 Å². The summed E-state index contributed by atoms with van der Waals surface area (Å²) in [4.78, 5) is 21.2. The van der Waals surface area contributed by atoms with Crippen LogP contribution in [0.1, 0.15) is 40.4 Å². The molecule has 0 aliphatic carbocycles. The normalized spacial score (nSPS) is 12.3. The van der Waals surface area contributed by atoms with Crippen molar-refractivity contribution in [2.45, 2.75) is 26.8 Å². The van der Waals surface area contributed by atoms with Crippen LogP contribution in [0.3, 0.4) is 0 Å². The number of fused-ring (bicyclic) bond motifs is 1. The van der Waals surface area contributed by atoms with Gasteiger partial charge in [-0.3, -0.25) is 14.9 Å². The summed E-state index contributed by atoms with van der Waals surface area (Å²) in [5, 5.41) is 10.5. The molecule has 2 heterocycles. The Labute approximate surface area is 128 Å². The molecule has 0 aliphatic heterocycles. The monoisotopic (exact) mass is 295 g/mol. The molecule has 2 aromatic heterocycles. The summed E-state index contributed by atoms with van der Waals surface area (Å²) in [6.45, 7) is 5.66. The van der Waals surface area contributed by atoms with Gasteiger partial charge in [-0.1, -0.05) is 18.2 Å². The highest BCUT2D eigenvalue weighted by atomic mass is 16.1. The second-order valence-corrected chi connectivity index (χ2v) is 5.28. The lowest BCUT2D eigenvalue weighted by atomic mass is 10.0. The molecule has 1 amide bonds. The molecule has 1 aromatic carbocycles. The Morgan fingerprint density at radius 2 is 2.05 bits per heavy atom. The van der Waals surface area contributed by atoms with Gasteiger partial charge < -0.3 is 5.32 Å². The van der Waals surface area contributed by atoms with E-state index in [0.717, 1.165) is 22.2 Å². The van der Waals surface area contributed by atoms with Gasteiger partial charge in [-0.05, 0) is 32.4 Å². The zero-order valence-electron chi connectivity index (χ0n) is 12.7. The molecule has 6 nitrogen and oxygen atoms in total. The molecule has 3 aromatic rings. The van der Waals surface area contributed by atoms with Gasteiger partial charge in [0, 0.05) is 5.39 Å². The van der Waals surface area contributed by atoms with E-state index < -0.39 is 0 Å². The molecule has 0 fully saturated rings. The highest BCUT2D eigenvalue weighted by Crippen LogP contribution is 2.23. The van der Waals surface area contributed by atoms with Crippen LogP contribution in [0.25, 0.3) is 10.9 Å². The molecular formula is C16H17N5O. The minimum atomic E-state index is -0.250. The number of pyridine rings is 1.